The van der Waals surface area contributed by atoms with E-state index >= 15 is 0 Å². The predicted molar refractivity (Wildman–Crippen MR) is 81.8 cm³/mol. The van der Waals surface area contributed by atoms with Gasteiger partial charge in [-0.25, -0.2) is 0 Å². The van der Waals surface area contributed by atoms with Crippen LogP contribution in [0, 0.1) is 5.92 Å². The fourth-order valence-electron chi connectivity index (χ4n) is 2.78. The number of carbonyl (C=O) groups is 2. The molecule has 2 amide bonds. The van der Waals surface area contributed by atoms with E-state index in [9.17, 15) is 9.59 Å². The lowest BCUT2D eigenvalue weighted by atomic mass is 9.93. The molecule has 2 unspecified atom stereocenters. The second kappa shape index (κ2) is 6.72. The van der Waals surface area contributed by atoms with Crippen molar-refractivity contribution in [2.24, 2.45) is 5.92 Å². The van der Waals surface area contributed by atoms with Gasteiger partial charge in [0.05, 0.1) is 5.92 Å². The molecular weight excluding hydrogens is 266 g/mol. The van der Waals surface area contributed by atoms with Crippen LogP contribution in [0.3, 0.4) is 0 Å². The Bertz CT molecular complexity index is 530. The summed E-state index contributed by atoms with van der Waals surface area (Å²) in [4.78, 5) is 25.9. The van der Waals surface area contributed by atoms with Gasteiger partial charge in [-0.2, -0.15) is 0 Å². The third kappa shape index (κ3) is 3.42. The fourth-order valence-corrected chi connectivity index (χ4v) is 2.78. The highest BCUT2D eigenvalue weighted by atomic mass is 16.2. The lowest BCUT2D eigenvalue weighted by Gasteiger charge is -2.30. The Kier molecular flexibility index (Phi) is 4.96. The van der Waals surface area contributed by atoms with E-state index in [0.717, 1.165) is 18.5 Å². The van der Waals surface area contributed by atoms with Crippen LogP contribution in [0.15, 0.2) is 24.3 Å². The van der Waals surface area contributed by atoms with E-state index in [1.54, 1.807) is 19.0 Å². The smallest absolute Gasteiger partial charge is 0.244 e. The molecule has 0 radical (unpaired) electrons. The van der Waals surface area contributed by atoms with Crippen LogP contribution in [0.2, 0.25) is 0 Å². The molecule has 2 N–H and O–H groups in total. The van der Waals surface area contributed by atoms with Gasteiger partial charge in [0.25, 0.3) is 0 Å². The van der Waals surface area contributed by atoms with Crippen molar-refractivity contribution in [1.29, 1.82) is 0 Å². The van der Waals surface area contributed by atoms with Crippen molar-refractivity contribution in [3.8, 4) is 0 Å². The molecule has 0 bridgehead atoms. The molecule has 0 saturated heterocycles. The van der Waals surface area contributed by atoms with Crippen LogP contribution < -0.4 is 10.6 Å². The van der Waals surface area contributed by atoms with Crippen LogP contribution in [0.25, 0.3) is 0 Å². The molecule has 5 heteroatoms. The van der Waals surface area contributed by atoms with Gasteiger partial charge in [-0.1, -0.05) is 31.2 Å². The molecule has 1 aromatic rings. The average molecular weight is 289 g/mol. The molecule has 0 aliphatic carbocycles. The van der Waals surface area contributed by atoms with Gasteiger partial charge in [0.1, 0.15) is 6.04 Å². The Balaban J connectivity index is 2.08. The summed E-state index contributed by atoms with van der Waals surface area (Å²) in [6, 6.07) is 7.73. The number of carbonyl (C=O) groups excluding carboxylic acids is 2. The maximum Gasteiger partial charge on any atom is 0.244 e. The van der Waals surface area contributed by atoms with Gasteiger partial charge < -0.3 is 15.5 Å². The normalized spacial score (nSPS) is 18.5. The van der Waals surface area contributed by atoms with E-state index in [-0.39, 0.29) is 23.8 Å². The first-order valence-electron chi connectivity index (χ1n) is 7.32. The van der Waals surface area contributed by atoms with E-state index in [2.05, 4.69) is 16.7 Å². The Morgan fingerprint density at radius 2 is 2.14 bits per heavy atom. The van der Waals surface area contributed by atoms with Crippen molar-refractivity contribution in [3.63, 3.8) is 0 Å². The summed E-state index contributed by atoms with van der Waals surface area (Å²) in [5.74, 6) is -0.257. The standard InChI is InChI=1S/C16H23N3O2/c1-11(15(20)17-2)10-19(3)16(21)14-13-7-5-4-6-12(13)8-9-18-14/h4-7,11,14,18H,8-10H2,1-3H3,(H,17,20). The highest BCUT2D eigenvalue weighted by Crippen LogP contribution is 2.24. The topological polar surface area (TPSA) is 61.4 Å². The van der Waals surface area contributed by atoms with Crippen LogP contribution >= 0.6 is 0 Å². The Hall–Kier alpha value is -1.88. The van der Waals surface area contributed by atoms with Crippen LogP contribution in [0.1, 0.15) is 24.1 Å². The Labute approximate surface area is 125 Å². The van der Waals surface area contributed by atoms with Gasteiger partial charge in [0.2, 0.25) is 11.8 Å². The van der Waals surface area contributed by atoms with Crippen LogP contribution in [-0.4, -0.2) is 43.9 Å². The summed E-state index contributed by atoms with van der Waals surface area (Å²) in [5.41, 5.74) is 2.27. The monoisotopic (exact) mass is 289 g/mol. The number of hydrogen-bond donors (Lipinski definition) is 2. The second-order valence-electron chi connectivity index (χ2n) is 5.57. The van der Waals surface area contributed by atoms with Crippen LogP contribution in [-0.2, 0) is 16.0 Å². The SMILES string of the molecule is CNC(=O)C(C)CN(C)C(=O)C1NCCc2ccccc21. The highest BCUT2D eigenvalue weighted by molar-refractivity contribution is 5.85. The quantitative estimate of drug-likeness (QED) is 0.858. The number of nitrogens with zero attached hydrogens (tertiary/aromatic N) is 1. The first-order valence-corrected chi connectivity index (χ1v) is 7.32. The van der Waals surface area contributed by atoms with Crippen molar-refractivity contribution in [3.05, 3.63) is 35.4 Å². The average Bonchev–Trinajstić information content (AvgIpc) is 2.52. The summed E-state index contributed by atoms with van der Waals surface area (Å²) in [5, 5.41) is 5.89. The fraction of sp³-hybridized carbons (Fsp3) is 0.500. The van der Waals surface area contributed by atoms with Crippen LogP contribution in [0.4, 0.5) is 0 Å². The van der Waals surface area contributed by atoms with Gasteiger partial charge in [-0.3, -0.25) is 9.59 Å². The molecule has 2 rings (SSSR count). The summed E-state index contributed by atoms with van der Waals surface area (Å²) >= 11 is 0. The van der Waals surface area contributed by atoms with Gasteiger partial charge in [-0.05, 0) is 17.5 Å². The van der Waals surface area contributed by atoms with E-state index in [1.807, 2.05) is 25.1 Å². The maximum absolute atomic E-state index is 12.6. The molecule has 1 aliphatic heterocycles. The van der Waals surface area contributed by atoms with Crippen molar-refractivity contribution in [2.75, 3.05) is 27.2 Å². The number of benzene rings is 1. The minimum atomic E-state index is -0.308. The molecule has 0 aromatic heterocycles. The van der Waals surface area contributed by atoms with Gasteiger partial charge in [0, 0.05) is 27.2 Å². The molecule has 0 spiro atoms. The largest absolute Gasteiger partial charge is 0.359 e. The van der Waals surface area contributed by atoms with Crippen molar-refractivity contribution in [2.45, 2.75) is 19.4 Å². The zero-order chi connectivity index (χ0) is 15.4. The molecule has 114 valence electrons. The van der Waals surface area contributed by atoms with Crippen molar-refractivity contribution >= 4 is 11.8 Å². The molecule has 1 aliphatic rings. The second-order valence-corrected chi connectivity index (χ2v) is 5.57. The van der Waals surface area contributed by atoms with Gasteiger partial charge in [-0.15, -0.1) is 0 Å². The molecule has 0 saturated carbocycles. The highest BCUT2D eigenvalue weighted by Gasteiger charge is 2.29. The molecule has 5 nitrogen and oxygen atoms in total. The van der Waals surface area contributed by atoms with E-state index in [4.69, 9.17) is 0 Å². The number of hydrogen-bond acceptors (Lipinski definition) is 3. The Morgan fingerprint density at radius 3 is 2.86 bits per heavy atom. The third-order valence-corrected chi connectivity index (χ3v) is 3.97. The van der Waals surface area contributed by atoms with E-state index in [0.29, 0.717) is 6.54 Å². The summed E-state index contributed by atoms with van der Waals surface area (Å²) in [6.45, 7) is 3.04. The molecule has 1 aromatic carbocycles. The third-order valence-electron chi connectivity index (χ3n) is 3.97. The number of likely N-dealkylation sites (N-methyl/N-ethyl adjacent to an activating group) is 1. The first kappa shape index (κ1) is 15.5. The van der Waals surface area contributed by atoms with Crippen molar-refractivity contribution < 1.29 is 9.59 Å². The zero-order valence-corrected chi connectivity index (χ0v) is 12.8. The number of rotatable bonds is 4. The molecule has 21 heavy (non-hydrogen) atoms. The minimum absolute atomic E-state index is 0.0119. The molecule has 0 fully saturated rings. The van der Waals surface area contributed by atoms with E-state index in [1.165, 1.54) is 5.56 Å². The number of nitrogens with one attached hydrogen (secondary N) is 2. The molecular formula is C16H23N3O2. The first-order chi connectivity index (χ1) is 10.0. The van der Waals surface area contributed by atoms with Crippen LogP contribution in [0.5, 0.6) is 0 Å². The van der Waals surface area contributed by atoms with Gasteiger partial charge in [0.15, 0.2) is 0 Å². The lowest BCUT2D eigenvalue weighted by molar-refractivity contribution is -0.134. The number of fused-ring (bicyclic) bond motifs is 1. The summed E-state index contributed by atoms with van der Waals surface area (Å²) < 4.78 is 0. The summed E-state index contributed by atoms with van der Waals surface area (Å²) in [7, 11) is 3.36. The predicted octanol–water partition coefficient (Wildman–Crippen LogP) is 0.714. The molecule has 2 atom stereocenters. The van der Waals surface area contributed by atoms with E-state index < -0.39 is 0 Å². The zero-order valence-electron chi connectivity index (χ0n) is 12.8. The number of amides is 2. The summed E-state index contributed by atoms with van der Waals surface area (Å²) in [6.07, 6.45) is 0.943. The minimum Gasteiger partial charge on any atom is -0.359 e. The maximum atomic E-state index is 12.6. The van der Waals surface area contributed by atoms with Crippen molar-refractivity contribution in [1.82, 2.24) is 15.5 Å². The Morgan fingerprint density at radius 1 is 1.43 bits per heavy atom. The van der Waals surface area contributed by atoms with Gasteiger partial charge >= 0.3 is 0 Å². The molecule has 1 heterocycles. The lowest BCUT2D eigenvalue weighted by Crippen LogP contribution is -2.45.